The highest BCUT2D eigenvalue weighted by molar-refractivity contribution is 7.98. The Morgan fingerprint density at radius 3 is 2.71 bits per heavy atom. The summed E-state index contributed by atoms with van der Waals surface area (Å²) in [7, 11) is 2.07. The Hall–Kier alpha value is -0.470. The molecule has 1 N–H and O–H groups in total. The molecule has 0 saturated heterocycles. The van der Waals surface area contributed by atoms with E-state index < -0.39 is 0 Å². The van der Waals surface area contributed by atoms with Gasteiger partial charge in [-0.25, -0.2) is 0 Å². The van der Waals surface area contributed by atoms with Gasteiger partial charge in [0, 0.05) is 17.5 Å². The minimum absolute atomic E-state index is 0.634. The molecule has 1 aromatic carbocycles. The van der Waals surface area contributed by atoms with Crippen LogP contribution in [0.1, 0.15) is 31.4 Å². The topological polar surface area (TPSA) is 12.0 Å². The van der Waals surface area contributed by atoms with Crippen molar-refractivity contribution in [1.82, 2.24) is 5.32 Å². The second kappa shape index (κ2) is 7.78. The number of nitrogens with one attached hydrogen (secondary N) is 1. The van der Waals surface area contributed by atoms with Crippen LogP contribution in [0.15, 0.2) is 24.3 Å². The summed E-state index contributed by atoms with van der Waals surface area (Å²) in [6, 6.07) is 9.44. The van der Waals surface area contributed by atoms with E-state index in [0.717, 1.165) is 11.7 Å². The summed E-state index contributed by atoms with van der Waals surface area (Å²) in [6.07, 6.45) is 1.25. The lowest BCUT2D eigenvalue weighted by Gasteiger charge is -2.22. The number of hydrogen-bond donors (Lipinski definition) is 1. The molecule has 0 radical (unpaired) electrons. The standard InChI is InChI=1S/C15H25NS/c1-5-13(3)15(16-4)11-17-10-14-8-6-7-12(2)9-14/h6-9,13,15-16H,5,10-11H2,1-4H3. The molecule has 0 aliphatic heterocycles. The van der Waals surface area contributed by atoms with E-state index in [-0.39, 0.29) is 0 Å². The molecule has 1 rings (SSSR count). The van der Waals surface area contributed by atoms with Crippen LogP contribution in [0.2, 0.25) is 0 Å². The highest BCUT2D eigenvalue weighted by Gasteiger charge is 2.13. The van der Waals surface area contributed by atoms with Gasteiger partial charge in [-0.15, -0.1) is 0 Å². The third kappa shape index (κ3) is 5.13. The van der Waals surface area contributed by atoms with Crippen molar-refractivity contribution in [2.75, 3.05) is 12.8 Å². The zero-order valence-corrected chi connectivity index (χ0v) is 12.3. The first-order valence-electron chi connectivity index (χ1n) is 6.48. The molecule has 2 heteroatoms. The lowest BCUT2D eigenvalue weighted by molar-refractivity contribution is 0.420. The summed E-state index contributed by atoms with van der Waals surface area (Å²) in [6.45, 7) is 6.75. The van der Waals surface area contributed by atoms with Crippen molar-refractivity contribution >= 4 is 11.8 Å². The number of benzene rings is 1. The molecule has 0 bridgehead atoms. The number of hydrogen-bond acceptors (Lipinski definition) is 2. The minimum atomic E-state index is 0.634. The summed E-state index contributed by atoms with van der Waals surface area (Å²) in [5, 5.41) is 3.43. The highest BCUT2D eigenvalue weighted by atomic mass is 32.2. The summed E-state index contributed by atoms with van der Waals surface area (Å²) < 4.78 is 0. The van der Waals surface area contributed by atoms with Gasteiger partial charge >= 0.3 is 0 Å². The molecule has 96 valence electrons. The maximum atomic E-state index is 3.43. The van der Waals surface area contributed by atoms with Gasteiger partial charge in [0.1, 0.15) is 0 Å². The minimum Gasteiger partial charge on any atom is -0.316 e. The van der Waals surface area contributed by atoms with Crippen molar-refractivity contribution in [2.45, 2.75) is 39.0 Å². The molecule has 1 nitrogen and oxygen atoms in total. The molecule has 0 aromatic heterocycles. The molecule has 2 unspecified atom stereocenters. The van der Waals surface area contributed by atoms with Gasteiger partial charge in [0.2, 0.25) is 0 Å². The normalized spacial score (nSPS) is 14.6. The Balaban J connectivity index is 2.36. The largest absolute Gasteiger partial charge is 0.316 e. The van der Waals surface area contributed by atoms with Crippen LogP contribution >= 0.6 is 11.8 Å². The van der Waals surface area contributed by atoms with Crippen molar-refractivity contribution in [3.05, 3.63) is 35.4 Å². The monoisotopic (exact) mass is 251 g/mol. The maximum absolute atomic E-state index is 3.43. The zero-order valence-electron chi connectivity index (χ0n) is 11.5. The molecule has 0 saturated carbocycles. The van der Waals surface area contributed by atoms with Crippen molar-refractivity contribution in [1.29, 1.82) is 0 Å². The molecule has 0 amide bonds. The van der Waals surface area contributed by atoms with E-state index in [0.29, 0.717) is 6.04 Å². The van der Waals surface area contributed by atoms with Crippen LogP contribution < -0.4 is 5.32 Å². The third-order valence-corrected chi connectivity index (χ3v) is 4.48. The molecule has 0 aliphatic carbocycles. The highest BCUT2D eigenvalue weighted by Crippen LogP contribution is 2.18. The molecule has 17 heavy (non-hydrogen) atoms. The van der Waals surface area contributed by atoms with E-state index in [4.69, 9.17) is 0 Å². The predicted octanol–water partition coefficient (Wildman–Crippen LogP) is 3.86. The van der Waals surface area contributed by atoms with Crippen LogP contribution in [0.5, 0.6) is 0 Å². The van der Waals surface area contributed by atoms with Crippen LogP contribution in [0.4, 0.5) is 0 Å². The second-order valence-electron chi connectivity index (χ2n) is 4.78. The van der Waals surface area contributed by atoms with Crippen molar-refractivity contribution < 1.29 is 0 Å². The first-order valence-corrected chi connectivity index (χ1v) is 7.63. The Morgan fingerprint density at radius 1 is 1.35 bits per heavy atom. The molecule has 0 aliphatic rings. The van der Waals surface area contributed by atoms with Crippen LogP contribution in [0, 0.1) is 12.8 Å². The maximum Gasteiger partial charge on any atom is 0.0185 e. The van der Waals surface area contributed by atoms with Crippen LogP contribution in [0.3, 0.4) is 0 Å². The van der Waals surface area contributed by atoms with Gasteiger partial charge < -0.3 is 5.32 Å². The number of aryl methyl sites for hydroxylation is 1. The molecular formula is C15H25NS. The lowest BCUT2D eigenvalue weighted by Crippen LogP contribution is -2.34. The molecule has 0 fully saturated rings. The van der Waals surface area contributed by atoms with Crippen molar-refractivity contribution in [3.8, 4) is 0 Å². The van der Waals surface area contributed by atoms with E-state index in [1.807, 2.05) is 11.8 Å². The quantitative estimate of drug-likeness (QED) is 0.789. The fourth-order valence-electron chi connectivity index (χ4n) is 1.92. The summed E-state index contributed by atoms with van der Waals surface area (Å²) >= 11 is 2.03. The molecule has 0 spiro atoms. The van der Waals surface area contributed by atoms with E-state index in [1.165, 1.54) is 23.3 Å². The molecule has 2 atom stereocenters. The SMILES string of the molecule is CCC(C)C(CSCc1cccc(C)c1)NC. The summed E-state index contributed by atoms with van der Waals surface area (Å²) in [5.41, 5.74) is 2.80. The van der Waals surface area contributed by atoms with Gasteiger partial charge in [-0.1, -0.05) is 50.1 Å². The average Bonchev–Trinajstić information content (AvgIpc) is 2.34. The van der Waals surface area contributed by atoms with Crippen molar-refractivity contribution in [3.63, 3.8) is 0 Å². The molecule has 1 aromatic rings. The Labute approximate surface area is 110 Å². The zero-order chi connectivity index (χ0) is 12.7. The number of thioether (sulfide) groups is 1. The average molecular weight is 251 g/mol. The number of rotatable bonds is 7. The van der Waals surface area contributed by atoms with Gasteiger partial charge in [-0.05, 0) is 25.5 Å². The fourth-order valence-corrected chi connectivity index (χ4v) is 3.20. The van der Waals surface area contributed by atoms with Gasteiger partial charge in [0.25, 0.3) is 0 Å². The third-order valence-electron chi connectivity index (χ3n) is 3.35. The van der Waals surface area contributed by atoms with E-state index in [1.54, 1.807) is 0 Å². The Bertz CT molecular complexity index is 324. The summed E-state index contributed by atoms with van der Waals surface area (Å²) in [5.74, 6) is 3.07. The van der Waals surface area contributed by atoms with E-state index in [2.05, 4.69) is 57.4 Å². The van der Waals surface area contributed by atoms with Crippen molar-refractivity contribution in [2.24, 2.45) is 5.92 Å². The van der Waals surface area contributed by atoms with Crippen LogP contribution in [-0.2, 0) is 5.75 Å². The van der Waals surface area contributed by atoms with Gasteiger partial charge in [0.15, 0.2) is 0 Å². The fraction of sp³-hybridized carbons (Fsp3) is 0.600. The Kier molecular flexibility index (Phi) is 6.68. The second-order valence-corrected chi connectivity index (χ2v) is 5.82. The van der Waals surface area contributed by atoms with Gasteiger partial charge in [-0.2, -0.15) is 11.8 Å². The predicted molar refractivity (Wildman–Crippen MR) is 79.6 cm³/mol. The smallest absolute Gasteiger partial charge is 0.0185 e. The van der Waals surface area contributed by atoms with Crippen LogP contribution in [0.25, 0.3) is 0 Å². The Morgan fingerprint density at radius 2 is 2.12 bits per heavy atom. The molecule has 0 heterocycles. The van der Waals surface area contributed by atoms with Gasteiger partial charge in [-0.3, -0.25) is 0 Å². The first kappa shape index (κ1) is 14.6. The first-order chi connectivity index (χ1) is 8.17. The van der Waals surface area contributed by atoms with Gasteiger partial charge in [0.05, 0.1) is 0 Å². The van der Waals surface area contributed by atoms with Crippen LogP contribution in [-0.4, -0.2) is 18.8 Å². The summed E-state index contributed by atoms with van der Waals surface area (Å²) in [4.78, 5) is 0. The van der Waals surface area contributed by atoms with E-state index in [9.17, 15) is 0 Å². The molecular weight excluding hydrogens is 226 g/mol. The van der Waals surface area contributed by atoms with E-state index >= 15 is 0 Å². The lowest BCUT2D eigenvalue weighted by atomic mass is 10.0.